The molecule has 2 aliphatic heterocycles. The third-order valence-electron chi connectivity index (χ3n) is 4.37. The number of benzene rings is 1. The number of hydrogen-bond acceptors (Lipinski definition) is 5. The molecular formula is C17H15N3O4. The maximum Gasteiger partial charge on any atom is 0.267 e. The molecule has 0 spiro atoms. The fourth-order valence-electron chi connectivity index (χ4n) is 3.14. The Kier molecular flexibility index (Phi) is 3.23. The molecule has 1 aromatic heterocycles. The predicted octanol–water partition coefficient (Wildman–Crippen LogP) is 2.02. The number of anilines is 1. The van der Waals surface area contributed by atoms with E-state index in [0.29, 0.717) is 11.3 Å². The van der Waals surface area contributed by atoms with Crippen LogP contribution in [0, 0.1) is 6.92 Å². The summed E-state index contributed by atoms with van der Waals surface area (Å²) in [4.78, 5) is 40.3. The van der Waals surface area contributed by atoms with Crippen LogP contribution in [0.2, 0.25) is 0 Å². The Labute approximate surface area is 137 Å². The van der Waals surface area contributed by atoms with Gasteiger partial charge < -0.3 is 9.42 Å². The summed E-state index contributed by atoms with van der Waals surface area (Å²) in [5.74, 6) is -0.383. The highest BCUT2D eigenvalue weighted by Crippen LogP contribution is 2.29. The maximum atomic E-state index is 12.6. The molecule has 3 amide bonds. The van der Waals surface area contributed by atoms with Crippen molar-refractivity contribution in [2.75, 3.05) is 18.0 Å². The third-order valence-corrected chi connectivity index (χ3v) is 4.37. The average molecular weight is 325 g/mol. The lowest BCUT2D eigenvalue weighted by Crippen LogP contribution is -2.29. The van der Waals surface area contributed by atoms with Crippen molar-refractivity contribution >= 4 is 23.5 Å². The van der Waals surface area contributed by atoms with Crippen molar-refractivity contribution in [3.05, 3.63) is 46.7 Å². The first-order valence-electron chi connectivity index (χ1n) is 7.81. The Hall–Kier alpha value is -2.96. The van der Waals surface area contributed by atoms with Gasteiger partial charge in [0, 0.05) is 24.7 Å². The van der Waals surface area contributed by atoms with Gasteiger partial charge in [-0.3, -0.25) is 14.4 Å². The standard InChI is InChI=1S/C17H15N3O4/c1-10-8-14(18-24-10)20-16(22)12-5-4-11(9-13(12)17(20)23)15(21)19-6-2-3-7-19/h4-5,8-9H,2-3,6-7H2,1H3. The second-order valence-electron chi connectivity index (χ2n) is 6.00. The van der Waals surface area contributed by atoms with Crippen molar-refractivity contribution in [1.29, 1.82) is 0 Å². The molecule has 3 heterocycles. The second-order valence-corrected chi connectivity index (χ2v) is 6.00. The van der Waals surface area contributed by atoms with Crippen molar-refractivity contribution in [2.45, 2.75) is 19.8 Å². The molecule has 1 fully saturated rings. The summed E-state index contributed by atoms with van der Waals surface area (Å²) in [6.45, 7) is 3.14. The summed E-state index contributed by atoms with van der Waals surface area (Å²) in [6, 6.07) is 6.16. The summed E-state index contributed by atoms with van der Waals surface area (Å²) in [5.41, 5.74) is 0.930. The molecule has 7 heteroatoms. The molecule has 0 bridgehead atoms. The molecule has 7 nitrogen and oxygen atoms in total. The van der Waals surface area contributed by atoms with Crippen LogP contribution < -0.4 is 4.90 Å². The van der Waals surface area contributed by atoms with Crippen LogP contribution in [0.25, 0.3) is 0 Å². The highest BCUT2D eigenvalue weighted by atomic mass is 16.5. The van der Waals surface area contributed by atoms with Crippen LogP contribution in [0.5, 0.6) is 0 Å². The van der Waals surface area contributed by atoms with E-state index in [1.54, 1.807) is 17.9 Å². The number of amides is 3. The number of rotatable bonds is 2. The van der Waals surface area contributed by atoms with Crippen molar-refractivity contribution in [1.82, 2.24) is 10.1 Å². The number of aryl methyl sites for hydroxylation is 1. The monoisotopic (exact) mass is 325 g/mol. The number of carbonyl (C=O) groups is 3. The molecule has 1 saturated heterocycles. The molecule has 0 unspecified atom stereocenters. The molecule has 0 radical (unpaired) electrons. The maximum absolute atomic E-state index is 12.6. The molecule has 2 aliphatic rings. The van der Waals surface area contributed by atoms with Gasteiger partial charge in [0.25, 0.3) is 17.7 Å². The Morgan fingerprint density at radius 3 is 2.46 bits per heavy atom. The van der Waals surface area contributed by atoms with E-state index < -0.39 is 11.8 Å². The zero-order valence-corrected chi connectivity index (χ0v) is 13.1. The largest absolute Gasteiger partial charge is 0.360 e. The predicted molar refractivity (Wildman–Crippen MR) is 84.0 cm³/mol. The minimum atomic E-state index is -0.487. The van der Waals surface area contributed by atoms with E-state index in [0.717, 1.165) is 30.8 Å². The number of aromatic nitrogens is 1. The topological polar surface area (TPSA) is 83.7 Å². The number of likely N-dealkylation sites (tertiary alicyclic amines) is 1. The number of carbonyl (C=O) groups excluding carboxylic acids is 3. The normalized spacial score (nSPS) is 16.9. The van der Waals surface area contributed by atoms with Crippen molar-refractivity contribution in [3.63, 3.8) is 0 Å². The van der Waals surface area contributed by atoms with Crippen molar-refractivity contribution < 1.29 is 18.9 Å². The highest BCUT2D eigenvalue weighted by Gasteiger charge is 2.39. The van der Waals surface area contributed by atoms with Crippen LogP contribution in [-0.2, 0) is 0 Å². The van der Waals surface area contributed by atoms with E-state index in [1.807, 2.05) is 0 Å². The first-order valence-corrected chi connectivity index (χ1v) is 7.81. The van der Waals surface area contributed by atoms with Crippen LogP contribution in [-0.4, -0.2) is 40.9 Å². The van der Waals surface area contributed by atoms with E-state index in [1.165, 1.54) is 18.2 Å². The molecule has 0 atom stereocenters. The van der Waals surface area contributed by atoms with Crippen LogP contribution in [0.1, 0.15) is 49.7 Å². The number of fused-ring (bicyclic) bond motifs is 1. The molecular weight excluding hydrogens is 310 g/mol. The quantitative estimate of drug-likeness (QED) is 0.789. The second kappa shape index (κ2) is 5.30. The smallest absolute Gasteiger partial charge is 0.267 e. The SMILES string of the molecule is Cc1cc(N2C(=O)c3ccc(C(=O)N4CCCC4)cc3C2=O)no1. The zero-order chi connectivity index (χ0) is 16.8. The number of hydrogen-bond donors (Lipinski definition) is 0. The third kappa shape index (κ3) is 2.12. The minimum absolute atomic E-state index is 0.105. The van der Waals surface area contributed by atoms with E-state index in [-0.39, 0.29) is 22.9 Å². The summed E-state index contributed by atoms with van der Waals surface area (Å²) >= 11 is 0. The zero-order valence-electron chi connectivity index (χ0n) is 13.1. The first-order chi connectivity index (χ1) is 11.6. The molecule has 0 aliphatic carbocycles. The van der Waals surface area contributed by atoms with Crippen molar-refractivity contribution in [3.8, 4) is 0 Å². The summed E-state index contributed by atoms with van der Waals surface area (Å²) in [5, 5.41) is 3.74. The van der Waals surface area contributed by atoms with Gasteiger partial charge in [-0.25, -0.2) is 4.90 Å². The van der Waals surface area contributed by atoms with Crippen LogP contribution in [0.3, 0.4) is 0 Å². The van der Waals surface area contributed by atoms with Gasteiger partial charge in [-0.2, -0.15) is 0 Å². The molecule has 0 saturated carbocycles. The van der Waals surface area contributed by atoms with Gasteiger partial charge in [0.1, 0.15) is 5.76 Å². The van der Waals surface area contributed by atoms with Crippen LogP contribution in [0.4, 0.5) is 5.82 Å². The Morgan fingerprint density at radius 1 is 1.08 bits per heavy atom. The average Bonchev–Trinajstić information content (AvgIpc) is 3.29. The number of imide groups is 1. The lowest BCUT2D eigenvalue weighted by molar-refractivity contribution is 0.0792. The molecule has 4 rings (SSSR count). The first kappa shape index (κ1) is 14.6. The van der Waals surface area contributed by atoms with Gasteiger partial charge in [0.15, 0.2) is 5.82 Å². The highest BCUT2D eigenvalue weighted by molar-refractivity contribution is 6.34. The Bertz CT molecular complexity index is 864. The van der Waals surface area contributed by atoms with Gasteiger partial charge in [-0.1, -0.05) is 5.16 Å². The van der Waals surface area contributed by atoms with Crippen LogP contribution in [0.15, 0.2) is 28.8 Å². The summed E-state index contributed by atoms with van der Waals surface area (Å²) in [6.07, 6.45) is 1.99. The van der Waals surface area contributed by atoms with E-state index in [9.17, 15) is 14.4 Å². The van der Waals surface area contributed by atoms with Gasteiger partial charge in [-0.15, -0.1) is 0 Å². The van der Waals surface area contributed by atoms with E-state index >= 15 is 0 Å². The lowest BCUT2D eigenvalue weighted by Gasteiger charge is -2.15. The fourth-order valence-corrected chi connectivity index (χ4v) is 3.14. The number of nitrogens with zero attached hydrogens (tertiary/aromatic N) is 3. The van der Waals surface area contributed by atoms with Crippen LogP contribution >= 0.6 is 0 Å². The lowest BCUT2D eigenvalue weighted by atomic mass is 10.0. The van der Waals surface area contributed by atoms with Gasteiger partial charge >= 0.3 is 0 Å². The summed E-state index contributed by atoms with van der Waals surface area (Å²) < 4.78 is 4.94. The Balaban J connectivity index is 1.69. The van der Waals surface area contributed by atoms with Gasteiger partial charge in [-0.05, 0) is 38.0 Å². The van der Waals surface area contributed by atoms with Crippen molar-refractivity contribution in [2.24, 2.45) is 0 Å². The molecule has 1 aromatic carbocycles. The molecule has 24 heavy (non-hydrogen) atoms. The van der Waals surface area contributed by atoms with Gasteiger partial charge in [0.05, 0.1) is 11.1 Å². The fraction of sp³-hybridized carbons (Fsp3) is 0.294. The minimum Gasteiger partial charge on any atom is -0.360 e. The molecule has 122 valence electrons. The summed E-state index contributed by atoms with van der Waals surface area (Å²) in [7, 11) is 0. The van der Waals surface area contributed by atoms with Gasteiger partial charge in [0.2, 0.25) is 0 Å². The molecule has 2 aromatic rings. The van der Waals surface area contributed by atoms with E-state index in [4.69, 9.17) is 4.52 Å². The molecule has 0 N–H and O–H groups in total. The van der Waals surface area contributed by atoms with E-state index in [2.05, 4.69) is 5.16 Å². The Morgan fingerprint density at radius 2 is 1.79 bits per heavy atom.